The maximum absolute atomic E-state index is 3.91. The monoisotopic (exact) mass is 300 g/mol. The summed E-state index contributed by atoms with van der Waals surface area (Å²) >= 11 is 5.21. The van der Waals surface area contributed by atoms with Crippen LogP contribution in [0.3, 0.4) is 0 Å². The van der Waals surface area contributed by atoms with Crippen LogP contribution >= 0.6 is 27.3 Å². The summed E-state index contributed by atoms with van der Waals surface area (Å²) in [7, 11) is 0. The zero-order valence-corrected chi connectivity index (χ0v) is 11.2. The summed E-state index contributed by atoms with van der Waals surface area (Å²) in [6.45, 7) is 2.85. The van der Waals surface area contributed by atoms with E-state index in [1.165, 1.54) is 4.88 Å². The number of aryl methyl sites for hydroxylation is 1. The number of thiophene rings is 1. The minimum Gasteiger partial charge on any atom is -0.312 e. The summed E-state index contributed by atoms with van der Waals surface area (Å²) in [5.41, 5.74) is 0. The van der Waals surface area contributed by atoms with Gasteiger partial charge in [0.15, 0.2) is 0 Å². The fourth-order valence-corrected chi connectivity index (χ4v) is 2.80. The molecule has 0 amide bonds. The zero-order chi connectivity index (χ0) is 11.2. The summed E-state index contributed by atoms with van der Waals surface area (Å²) in [6.07, 6.45) is 4.66. The summed E-state index contributed by atoms with van der Waals surface area (Å²) in [5.74, 6) is 0. The van der Waals surface area contributed by atoms with Crippen LogP contribution in [0.15, 0.2) is 28.3 Å². The number of nitrogens with zero attached hydrogens (tertiary/aromatic N) is 3. The minimum absolute atomic E-state index is 0.918. The van der Waals surface area contributed by atoms with E-state index in [1.54, 1.807) is 17.5 Å². The molecule has 0 fully saturated rings. The van der Waals surface area contributed by atoms with Crippen molar-refractivity contribution in [1.82, 2.24) is 20.3 Å². The van der Waals surface area contributed by atoms with Crippen molar-refractivity contribution in [1.29, 1.82) is 0 Å². The number of nitrogens with one attached hydrogen (secondary N) is 1. The summed E-state index contributed by atoms with van der Waals surface area (Å²) in [6, 6.07) is 2.15. The zero-order valence-electron chi connectivity index (χ0n) is 8.77. The van der Waals surface area contributed by atoms with Crippen LogP contribution in [0.25, 0.3) is 0 Å². The Balaban J connectivity index is 1.59. The molecule has 2 aromatic heterocycles. The molecule has 16 heavy (non-hydrogen) atoms. The van der Waals surface area contributed by atoms with Crippen molar-refractivity contribution in [3.8, 4) is 0 Å². The Morgan fingerprint density at radius 1 is 1.50 bits per heavy atom. The van der Waals surface area contributed by atoms with Gasteiger partial charge in [0, 0.05) is 34.0 Å². The second kappa shape index (κ2) is 6.12. The third-order valence-corrected chi connectivity index (χ3v) is 3.83. The molecule has 2 rings (SSSR count). The largest absolute Gasteiger partial charge is 0.312 e. The Hall–Kier alpha value is -0.720. The van der Waals surface area contributed by atoms with E-state index in [1.807, 2.05) is 10.9 Å². The average molecular weight is 301 g/mol. The molecule has 0 aliphatic heterocycles. The highest BCUT2D eigenvalue weighted by Crippen LogP contribution is 2.19. The molecule has 0 spiro atoms. The van der Waals surface area contributed by atoms with Crippen LogP contribution in [0.2, 0.25) is 0 Å². The molecule has 2 aromatic rings. The maximum Gasteiger partial charge on any atom is 0.0692 e. The van der Waals surface area contributed by atoms with Gasteiger partial charge in [-0.15, -0.1) is 16.4 Å². The Morgan fingerprint density at radius 3 is 3.12 bits per heavy atom. The molecule has 0 saturated carbocycles. The first-order valence-electron chi connectivity index (χ1n) is 5.12. The summed E-state index contributed by atoms with van der Waals surface area (Å²) in [5, 5.41) is 13.2. The normalized spacial score (nSPS) is 10.8. The van der Waals surface area contributed by atoms with Gasteiger partial charge < -0.3 is 5.32 Å². The number of hydrogen-bond donors (Lipinski definition) is 1. The van der Waals surface area contributed by atoms with Crippen LogP contribution in [-0.2, 0) is 13.1 Å². The molecule has 0 unspecified atom stereocenters. The van der Waals surface area contributed by atoms with E-state index in [9.17, 15) is 0 Å². The number of rotatable bonds is 6. The first-order valence-corrected chi connectivity index (χ1v) is 6.79. The van der Waals surface area contributed by atoms with E-state index in [4.69, 9.17) is 0 Å². The average Bonchev–Trinajstić information content (AvgIpc) is 2.89. The molecule has 2 heterocycles. The molecule has 0 aliphatic carbocycles. The predicted octanol–water partition coefficient (Wildman–Crippen LogP) is 2.28. The first kappa shape index (κ1) is 11.8. The number of aromatic nitrogens is 3. The van der Waals surface area contributed by atoms with E-state index < -0.39 is 0 Å². The fourth-order valence-electron chi connectivity index (χ4n) is 1.38. The molecule has 0 aromatic carbocycles. The summed E-state index contributed by atoms with van der Waals surface area (Å²) < 4.78 is 3.01. The van der Waals surface area contributed by atoms with Crippen molar-refractivity contribution >= 4 is 27.3 Å². The lowest BCUT2D eigenvalue weighted by Crippen LogP contribution is -2.16. The van der Waals surface area contributed by atoms with Gasteiger partial charge in [-0.25, -0.2) is 0 Å². The Labute approximate surface area is 107 Å². The van der Waals surface area contributed by atoms with Crippen LogP contribution < -0.4 is 5.32 Å². The third-order valence-electron chi connectivity index (χ3n) is 2.13. The lowest BCUT2D eigenvalue weighted by Gasteiger charge is -2.02. The second-order valence-electron chi connectivity index (χ2n) is 3.43. The van der Waals surface area contributed by atoms with E-state index in [-0.39, 0.29) is 0 Å². The van der Waals surface area contributed by atoms with Crippen LogP contribution in [0, 0.1) is 0 Å². The van der Waals surface area contributed by atoms with Crippen molar-refractivity contribution in [2.24, 2.45) is 0 Å². The third kappa shape index (κ3) is 3.70. The van der Waals surface area contributed by atoms with E-state index in [0.29, 0.717) is 0 Å². The molecule has 86 valence electrons. The highest BCUT2D eigenvalue weighted by Gasteiger charge is 1.97. The Morgan fingerprint density at radius 2 is 2.44 bits per heavy atom. The van der Waals surface area contributed by atoms with Gasteiger partial charge in [0.25, 0.3) is 0 Å². The molecule has 0 saturated heterocycles. The molecule has 0 radical (unpaired) electrons. The number of halogens is 1. The smallest absolute Gasteiger partial charge is 0.0692 e. The van der Waals surface area contributed by atoms with Crippen molar-refractivity contribution < 1.29 is 0 Å². The Bertz CT molecular complexity index is 412. The molecule has 0 aliphatic rings. The number of hydrogen-bond acceptors (Lipinski definition) is 4. The molecule has 6 heteroatoms. The van der Waals surface area contributed by atoms with Gasteiger partial charge in [0.2, 0.25) is 0 Å². The lowest BCUT2D eigenvalue weighted by atomic mass is 10.4. The molecule has 4 nitrogen and oxygen atoms in total. The van der Waals surface area contributed by atoms with Crippen molar-refractivity contribution in [3.63, 3.8) is 0 Å². The van der Waals surface area contributed by atoms with Crippen molar-refractivity contribution in [2.75, 3.05) is 6.54 Å². The van der Waals surface area contributed by atoms with Crippen LogP contribution in [-0.4, -0.2) is 21.5 Å². The predicted molar refractivity (Wildman–Crippen MR) is 68.4 cm³/mol. The van der Waals surface area contributed by atoms with E-state index in [2.05, 4.69) is 43.0 Å². The Kier molecular flexibility index (Phi) is 4.50. The molecule has 0 atom stereocenters. The van der Waals surface area contributed by atoms with Gasteiger partial charge >= 0.3 is 0 Å². The van der Waals surface area contributed by atoms with Crippen molar-refractivity contribution in [3.05, 3.63) is 33.2 Å². The van der Waals surface area contributed by atoms with Gasteiger partial charge in [0.05, 0.1) is 6.20 Å². The molecule has 0 bridgehead atoms. The van der Waals surface area contributed by atoms with Crippen molar-refractivity contribution in [2.45, 2.75) is 19.5 Å². The van der Waals surface area contributed by atoms with Gasteiger partial charge in [-0.3, -0.25) is 4.68 Å². The maximum atomic E-state index is 3.91. The quantitative estimate of drug-likeness (QED) is 0.832. The standard InChI is InChI=1S/C10H13BrN4S/c11-9-6-10(16-8-9)7-12-2-1-4-15-5-3-13-14-15/h3,5-6,8,12H,1-2,4,7H2. The van der Waals surface area contributed by atoms with Gasteiger partial charge in [0.1, 0.15) is 0 Å². The fraction of sp³-hybridized carbons (Fsp3) is 0.400. The van der Waals surface area contributed by atoms with Crippen LogP contribution in [0.1, 0.15) is 11.3 Å². The van der Waals surface area contributed by atoms with Crippen LogP contribution in [0.4, 0.5) is 0 Å². The van der Waals surface area contributed by atoms with Gasteiger partial charge in [-0.05, 0) is 35.0 Å². The van der Waals surface area contributed by atoms with E-state index >= 15 is 0 Å². The molecule has 1 N–H and O–H groups in total. The van der Waals surface area contributed by atoms with Gasteiger partial charge in [-0.1, -0.05) is 5.21 Å². The van der Waals surface area contributed by atoms with E-state index in [0.717, 1.165) is 30.5 Å². The van der Waals surface area contributed by atoms with Crippen LogP contribution in [0.5, 0.6) is 0 Å². The molecular weight excluding hydrogens is 288 g/mol. The first-order chi connectivity index (χ1) is 7.84. The topological polar surface area (TPSA) is 42.7 Å². The lowest BCUT2D eigenvalue weighted by molar-refractivity contribution is 0.531. The molecular formula is C10H13BrN4S. The highest BCUT2D eigenvalue weighted by molar-refractivity contribution is 9.10. The SMILES string of the molecule is Brc1csc(CNCCCn2ccnn2)c1. The minimum atomic E-state index is 0.918. The van der Waals surface area contributed by atoms with Gasteiger partial charge in [-0.2, -0.15) is 0 Å². The summed E-state index contributed by atoms with van der Waals surface area (Å²) in [4.78, 5) is 1.35. The second-order valence-corrected chi connectivity index (χ2v) is 5.34. The highest BCUT2D eigenvalue weighted by atomic mass is 79.9.